The third-order valence-corrected chi connectivity index (χ3v) is 3.70. The summed E-state index contributed by atoms with van der Waals surface area (Å²) in [5, 5.41) is 13.9. The zero-order valence-electron chi connectivity index (χ0n) is 13.6. The molecule has 0 bridgehead atoms. The molecule has 0 atom stereocenters. The van der Waals surface area contributed by atoms with Crippen molar-refractivity contribution in [3.05, 3.63) is 34.2 Å². The smallest absolute Gasteiger partial charge is 0.387 e. The molecule has 132 valence electrons. The molecular weight excluding hydrogens is 334 g/mol. The van der Waals surface area contributed by atoms with Gasteiger partial charge in [0.2, 0.25) is 0 Å². The van der Waals surface area contributed by atoms with Crippen molar-refractivity contribution in [3.8, 4) is 22.9 Å². The van der Waals surface area contributed by atoms with E-state index in [0.29, 0.717) is 28.7 Å². The first-order valence-corrected chi connectivity index (χ1v) is 7.64. The number of nitrogens with zero attached hydrogens (tertiary/aromatic N) is 3. The summed E-state index contributed by atoms with van der Waals surface area (Å²) in [6.07, 6.45) is 1.49. The number of aryl methyl sites for hydroxylation is 2. The monoisotopic (exact) mass is 350 g/mol. The van der Waals surface area contributed by atoms with Gasteiger partial charge in [-0.2, -0.15) is 13.9 Å². The Morgan fingerprint density at radius 1 is 1.40 bits per heavy atom. The van der Waals surface area contributed by atoms with Crippen LogP contribution in [0.1, 0.15) is 19.0 Å². The Labute approximate surface area is 140 Å². The van der Waals surface area contributed by atoms with E-state index in [1.165, 1.54) is 22.9 Å². The largest absolute Gasteiger partial charge is 0.504 e. The van der Waals surface area contributed by atoms with Gasteiger partial charge in [-0.3, -0.25) is 9.48 Å². The molecule has 0 saturated heterocycles. The first kappa shape index (κ1) is 16.9. The normalized spacial score (nSPS) is 11.4. The molecule has 0 aliphatic rings. The number of H-pyrrole nitrogens is 1. The first-order chi connectivity index (χ1) is 11.9. The van der Waals surface area contributed by atoms with E-state index >= 15 is 0 Å². The lowest BCUT2D eigenvalue weighted by Crippen LogP contribution is -2.12. The molecule has 0 saturated carbocycles. The fourth-order valence-corrected chi connectivity index (χ4v) is 2.64. The Hall–Kier alpha value is -2.97. The van der Waals surface area contributed by atoms with Gasteiger partial charge in [-0.25, -0.2) is 4.98 Å². The molecule has 25 heavy (non-hydrogen) atoms. The van der Waals surface area contributed by atoms with Gasteiger partial charge in [-0.15, -0.1) is 0 Å². The second-order valence-corrected chi connectivity index (χ2v) is 5.49. The maximum absolute atomic E-state index is 12.4. The van der Waals surface area contributed by atoms with Crippen LogP contribution >= 0.6 is 0 Å². The van der Waals surface area contributed by atoms with E-state index in [2.05, 4.69) is 19.8 Å². The van der Waals surface area contributed by atoms with Gasteiger partial charge in [-0.05, 0) is 24.6 Å². The summed E-state index contributed by atoms with van der Waals surface area (Å²) in [5.74, 6) is -0.641. The van der Waals surface area contributed by atoms with Crippen molar-refractivity contribution in [3.63, 3.8) is 0 Å². The summed E-state index contributed by atoms with van der Waals surface area (Å²) in [6.45, 7) is -1.09. The molecule has 0 aliphatic carbocycles. The number of nitrogens with one attached hydrogen (secondary N) is 1. The number of hydrogen-bond donors (Lipinski definition) is 2. The molecule has 3 aromatic rings. The molecule has 7 nitrogen and oxygen atoms in total. The molecule has 2 N–H and O–H groups in total. The zero-order valence-corrected chi connectivity index (χ0v) is 13.6. The van der Waals surface area contributed by atoms with E-state index in [-0.39, 0.29) is 11.4 Å². The topological polar surface area (TPSA) is 93.0 Å². The number of aromatic nitrogens is 4. The van der Waals surface area contributed by atoms with Crippen LogP contribution in [0, 0.1) is 0 Å². The van der Waals surface area contributed by atoms with Crippen LogP contribution < -0.4 is 10.3 Å². The van der Waals surface area contributed by atoms with E-state index in [9.17, 15) is 18.7 Å². The van der Waals surface area contributed by atoms with Crippen molar-refractivity contribution in [2.75, 3.05) is 0 Å². The van der Waals surface area contributed by atoms with Gasteiger partial charge >= 0.3 is 6.61 Å². The van der Waals surface area contributed by atoms with E-state index in [4.69, 9.17) is 0 Å². The number of aromatic hydroxyl groups is 1. The predicted octanol–water partition coefficient (Wildman–Crippen LogP) is 2.58. The van der Waals surface area contributed by atoms with Crippen molar-refractivity contribution < 1.29 is 18.6 Å². The lowest BCUT2D eigenvalue weighted by Gasteiger charge is -2.09. The number of phenols is 1. The van der Waals surface area contributed by atoms with Gasteiger partial charge in [0.1, 0.15) is 11.3 Å². The average Bonchev–Trinajstić information content (AvgIpc) is 2.86. The number of hydrogen-bond acceptors (Lipinski definition) is 5. The minimum atomic E-state index is -3.08. The number of aromatic amines is 1. The Morgan fingerprint density at radius 3 is 2.84 bits per heavy atom. The summed E-state index contributed by atoms with van der Waals surface area (Å²) in [4.78, 5) is 19.4. The van der Waals surface area contributed by atoms with Crippen molar-refractivity contribution in [1.29, 1.82) is 0 Å². The van der Waals surface area contributed by atoms with Crippen LogP contribution in [0.25, 0.3) is 22.4 Å². The molecule has 2 heterocycles. The van der Waals surface area contributed by atoms with Crippen LogP contribution in [0.4, 0.5) is 8.78 Å². The molecule has 0 fully saturated rings. The van der Waals surface area contributed by atoms with Crippen LogP contribution in [0.5, 0.6) is 11.5 Å². The lowest BCUT2D eigenvalue weighted by atomic mass is 10.1. The van der Waals surface area contributed by atoms with Crippen molar-refractivity contribution >= 4 is 11.0 Å². The first-order valence-electron chi connectivity index (χ1n) is 7.64. The van der Waals surface area contributed by atoms with Crippen molar-refractivity contribution in [1.82, 2.24) is 19.7 Å². The Bertz CT molecular complexity index is 981. The number of benzene rings is 1. The van der Waals surface area contributed by atoms with Crippen molar-refractivity contribution in [2.24, 2.45) is 7.05 Å². The molecule has 0 spiro atoms. The minimum absolute atomic E-state index is 0.182. The number of rotatable bonds is 5. The SMILES string of the molecule is CCCc1nn(C)c2c(=O)[nH]c(-c3ccc(O)c(OC(F)F)c3)nc12. The number of fused-ring (bicyclic) bond motifs is 1. The highest BCUT2D eigenvalue weighted by atomic mass is 19.3. The zero-order chi connectivity index (χ0) is 18.1. The molecule has 0 unspecified atom stereocenters. The lowest BCUT2D eigenvalue weighted by molar-refractivity contribution is -0.0512. The molecule has 2 aromatic heterocycles. The molecule has 0 radical (unpaired) electrons. The summed E-state index contributed by atoms with van der Waals surface area (Å²) in [6, 6.07) is 3.85. The summed E-state index contributed by atoms with van der Waals surface area (Å²) < 4.78 is 30.6. The van der Waals surface area contributed by atoms with E-state index in [0.717, 1.165) is 6.42 Å². The van der Waals surface area contributed by atoms with Gasteiger partial charge in [0.25, 0.3) is 5.56 Å². The molecule has 0 aliphatic heterocycles. The van der Waals surface area contributed by atoms with Crippen molar-refractivity contribution in [2.45, 2.75) is 26.4 Å². The molecule has 0 amide bonds. The second-order valence-electron chi connectivity index (χ2n) is 5.49. The highest BCUT2D eigenvalue weighted by molar-refractivity contribution is 5.79. The molecule has 9 heteroatoms. The van der Waals surface area contributed by atoms with E-state index in [1.807, 2.05) is 6.92 Å². The molecule has 3 rings (SSSR count). The number of ether oxygens (including phenoxy) is 1. The summed E-state index contributed by atoms with van der Waals surface area (Å²) in [5.41, 5.74) is 1.44. The second kappa shape index (κ2) is 6.50. The Kier molecular flexibility index (Phi) is 4.39. The minimum Gasteiger partial charge on any atom is -0.504 e. The van der Waals surface area contributed by atoms with Crippen LogP contribution in [0.2, 0.25) is 0 Å². The van der Waals surface area contributed by atoms with Crippen LogP contribution in [-0.2, 0) is 13.5 Å². The van der Waals surface area contributed by atoms with Gasteiger partial charge in [-0.1, -0.05) is 13.3 Å². The van der Waals surface area contributed by atoms with Crippen LogP contribution in [0.3, 0.4) is 0 Å². The fourth-order valence-electron chi connectivity index (χ4n) is 2.64. The third kappa shape index (κ3) is 3.17. The number of alkyl halides is 2. The van der Waals surface area contributed by atoms with Gasteiger partial charge in [0.05, 0.1) is 5.69 Å². The summed E-state index contributed by atoms with van der Waals surface area (Å²) >= 11 is 0. The van der Waals surface area contributed by atoms with Crippen LogP contribution in [-0.4, -0.2) is 31.5 Å². The maximum Gasteiger partial charge on any atom is 0.387 e. The van der Waals surface area contributed by atoms with Gasteiger partial charge < -0.3 is 14.8 Å². The average molecular weight is 350 g/mol. The number of halogens is 2. The van der Waals surface area contributed by atoms with Gasteiger partial charge in [0, 0.05) is 12.6 Å². The van der Waals surface area contributed by atoms with E-state index in [1.54, 1.807) is 7.05 Å². The Balaban J connectivity index is 2.16. The Morgan fingerprint density at radius 2 is 2.16 bits per heavy atom. The third-order valence-electron chi connectivity index (χ3n) is 3.70. The highest BCUT2D eigenvalue weighted by Crippen LogP contribution is 2.31. The quantitative estimate of drug-likeness (QED) is 0.738. The van der Waals surface area contributed by atoms with E-state index < -0.39 is 18.1 Å². The standard InChI is InChI=1S/C16H16F2N4O3/c1-3-4-9-12-13(22(2)21-9)15(24)20-14(19-12)8-5-6-10(23)11(7-8)25-16(17)18/h5-7,16,23H,3-4H2,1-2H3,(H,19,20,24). The predicted molar refractivity (Wildman–Crippen MR) is 86.9 cm³/mol. The fraction of sp³-hybridized carbons (Fsp3) is 0.312. The summed E-state index contributed by atoms with van der Waals surface area (Å²) in [7, 11) is 1.66. The molecular formula is C16H16F2N4O3. The highest BCUT2D eigenvalue weighted by Gasteiger charge is 2.17. The van der Waals surface area contributed by atoms with Crippen LogP contribution in [0.15, 0.2) is 23.0 Å². The maximum atomic E-state index is 12.4. The molecule has 1 aromatic carbocycles. The van der Waals surface area contributed by atoms with Gasteiger partial charge in [0.15, 0.2) is 17.0 Å². The number of phenolic OH excluding ortho intramolecular Hbond substituents is 1.